The Kier molecular flexibility index (Phi) is 3.65. The van der Waals surface area contributed by atoms with E-state index in [2.05, 4.69) is 6.08 Å². The molecule has 1 aliphatic rings. The predicted molar refractivity (Wildman–Crippen MR) is 68.7 cm³/mol. The minimum atomic E-state index is -0.928. The molecule has 2 heteroatoms. The Hall–Kier alpha value is -1.12. The van der Waals surface area contributed by atoms with E-state index in [1.165, 1.54) is 0 Å². The summed E-state index contributed by atoms with van der Waals surface area (Å²) in [7, 11) is 1.71. The van der Waals surface area contributed by atoms with Crippen LogP contribution in [0.5, 0.6) is 0 Å². The molecular weight excluding hydrogens is 212 g/mol. The van der Waals surface area contributed by atoms with E-state index in [1.54, 1.807) is 7.11 Å². The van der Waals surface area contributed by atoms with Crippen LogP contribution in [0.25, 0.3) is 0 Å². The van der Waals surface area contributed by atoms with Crippen LogP contribution in [-0.4, -0.2) is 18.3 Å². The van der Waals surface area contributed by atoms with Gasteiger partial charge in [-0.1, -0.05) is 36.4 Å². The Labute approximate surface area is 103 Å². The maximum absolute atomic E-state index is 10.8. The minimum Gasteiger partial charge on any atom is -0.381 e. The van der Waals surface area contributed by atoms with Gasteiger partial charge in [-0.2, -0.15) is 0 Å². The van der Waals surface area contributed by atoms with Gasteiger partial charge in [0.25, 0.3) is 0 Å². The van der Waals surface area contributed by atoms with Crippen molar-refractivity contribution in [2.24, 2.45) is 0 Å². The fourth-order valence-electron chi connectivity index (χ4n) is 2.53. The third-order valence-corrected chi connectivity index (χ3v) is 3.56. The number of aliphatic hydroxyl groups is 1. The van der Waals surface area contributed by atoms with Crippen molar-refractivity contribution in [3.05, 3.63) is 47.5 Å². The lowest BCUT2D eigenvalue weighted by Gasteiger charge is -2.34. The molecule has 0 radical (unpaired) electrons. The standard InChI is InChI=1S/C15H20O2/c1-15(16,12-8-4-3-5-9-12)13-10-6-7-11-14(13)17-2/h3-5,8-10,14,16H,6-7,11H2,1-2H3/t14-,15+/m1/s1. The molecule has 0 aromatic heterocycles. The van der Waals surface area contributed by atoms with E-state index in [0.29, 0.717) is 0 Å². The Morgan fingerprint density at radius 3 is 2.65 bits per heavy atom. The summed E-state index contributed by atoms with van der Waals surface area (Å²) in [6.07, 6.45) is 5.32. The van der Waals surface area contributed by atoms with Crippen LogP contribution in [0.2, 0.25) is 0 Å². The van der Waals surface area contributed by atoms with Gasteiger partial charge in [-0.15, -0.1) is 0 Å². The summed E-state index contributed by atoms with van der Waals surface area (Å²) in [6.45, 7) is 1.85. The second-order valence-electron chi connectivity index (χ2n) is 4.75. The summed E-state index contributed by atoms with van der Waals surface area (Å²) in [5.74, 6) is 0. The fourth-order valence-corrected chi connectivity index (χ4v) is 2.53. The van der Waals surface area contributed by atoms with E-state index in [-0.39, 0.29) is 6.10 Å². The molecule has 2 nitrogen and oxygen atoms in total. The normalized spacial score (nSPS) is 23.9. The van der Waals surface area contributed by atoms with E-state index in [0.717, 1.165) is 30.4 Å². The first-order valence-corrected chi connectivity index (χ1v) is 6.17. The third kappa shape index (κ3) is 2.43. The second-order valence-corrected chi connectivity index (χ2v) is 4.75. The van der Waals surface area contributed by atoms with E-state index in [4.69, 9.17) is 4.74 Å². The van der Waals surface area contributed by atoms with Gasteiger partial charge < -0.3 is 9.84 Å². The average molecular weight is 232 g/mol. The first-order chi connectivity index (χ1) is 8.16. The largest absolute Gasteiger partial charge is 0.381 e. The number of methoxy groups -OCH3 is 1. The minimum absolute atomic E-state index is 0.0407. The van der Waals surface area contributed by atoms with Crippen LogP contribution in [0.3, 0.4) is 0 Å². The van der Waals surface area contributed by atoms with Gasteiger partial charge >= 0.3 is 0 Å². The Morgan fingerprint density at radius 2 is 2.00 bits per heavy atom. The van der Waals surface area contributed by atoms with Gasteiger partial charge in [-0.3, -0.25) is 0 Å². The summed E-state index contributed by atoms with van der Waals surface area (Å²) in [6, 6.07) is 9.79. The van der Waals surface area contributed by atoms with Crippen LogP contribution >= 0.6 is 0 Å². The van der Waals surface area contributed by atoms with Gasteiger partial charge in [0.05, 0.1) is 6.10 Å². The second kappa shape index (κ2) is 5.03. The summed E-state index contributed by atoms with van der Waals surface area (Å²) < 4.78 is 5.48. The molecule has 0 amide bonds. The summed E-state index contributed by atoms with van der Waals surface area (Å²) in [4.78, 5) is 0. The third-order valence-electron chi connectivity index (χ3n) is 3.56. The van der Waals surface area contributed by atoms with Crippen LogP contribution in [0.4, 0.5) is 0 Å². The number of allylic oxidation sites excluding steroid dienone is 1. The highest BCUT2D eigenvalue weighted by molar-refractivity contribution is 5.34. The first kappa shape index (κ1) is 12.3. The molecule has 1 N–H and O–H groups in total. The first-order valence-electron chi connectivity index (χ1n) is 6.17. The molecule has 1 aromatic rings. The smallest absolute Gasteiger partial charge is 0.110 e. The molecule has 0 bridgehead atoms. The van der Waals surface area contributed by atoms with Crippen molar-refractivity contribution < 1.29 is 9.84 Å². The Balaban J connectivity index is 2.34. The molecule has 0 aliphatic heterocycles. The van der Waals surface area contributed by atoms with Crippen LogP contribution in [0, 0.1) is 0 Å². The van der Waals surface area contributed by atoms with Crippen molar-refractivity contribution in [1.29, 1.82) is 0 Å². The molecule has 1 aliphatic carbocycles. The van der Waals surface area contributed by atoms with Crippen LogP contribution < -0.4 is 0 Å². The topological polar surface area (TPSA) is 29.5 Å². The molecule has 0 saturated carbocycles. The molecule has 0 unspecified atom stereocenters. The highest BCUT2D eigenvalue weighted by Crippen LogP contribution is 2.36. The number of benzene rings is 1. The van der Waals surface area contributed by atoms with E-state index < -0.39 is 5.60 Å². The van der Waals surface area contributed by atoms with Gasteiger partial charge in [0.2, 0.25) is 0 Å². The molecule has 92 valence electrons. The summed E-state index contributed by atoms with van der Waals surface area (Å²) >= 11 is 0. The van der Waals surface area contributed by atoms with Gasteiger partial charge in [0.15, 0.2) is 0 Å². The maximum Gasteiger partial charge on any atom is 0.110 e. The summed E-state index contributed by atoms with van der Waals surface area (Å²) in [5.41, 5.74) is 0.996. The van der Waals surface area contributed by atoms with Crippen LogP contribution in [0.1, 0.15) is 31.7 Å². The quantitative estimate of drug-likeness (QED) is 0.812. The Morgan fingerprint density at radius 1 is 1.29 bits per heavy atom. The molecule has 0 heterocycles. The summed E-state index contributed by atoms with van der Waals surface area (Å²) in [5, 5.41) is 10.8. The van der Waals surface area contributed by atoms with Gasteiger partial charge in [-0.05, 0) is 37.3 Å². The number of rotatable bonds is 3. The lowest BCUT2D eigenvalue weighted by molar-refractivity contribution is 0.0365. The maximum atomic E-state index is 10.8. The SMILES string of the molecule is CO[C@@H]1CCCC=C1[C@@](C)(O)c1ccccc1. The fraction of sp³-hybridized carbons (Fsp3) is 0.467. The predicted octanol–water partition coefficient (Wildman–Crippen LogP) is 3.02. The van der Waals surface area contributed by atoms with Crippen molar-refractivity contribution in [3.8, 4) is 0 Å². The van der Waals surface area contributed by atoms with E-state index in [1.807, 2.05) is 37.3 Å². The number of hydrogen-bond donors (Lipinski definition) is 1. The highest BCUT2D eigenvalue weighted by Gasteiger charge is 2.34. The van der Waals surface area contributed by atoms with Crippen molar-refractivity contribution in [2.45, 2.75) is 37.9 Å². The number of ether oxygens (including phenoxy) is 1. The molecule has 1 aromatic carbocycles. The van der Waals surface area contributed by atoms with Gasteiger partial charge in [0, 0.05) is 7.11 Å². The zero-order valence-corrected chi connectivity index (χ0v) is 10.5. The molecule has 2 rings (SSSR count). The average Bonchev–Trinajstić information content (AvgIpc) is 2.39. The van der Waals surface area contributed by atoms with Crippen LogP contribution in [-0.2, 0) is 10.3 Å². The highest BCUT2D eigenvalue weighted by atomic mass is 16.5. The molecule has 17 heavy (non-hydrogen) atoms. The van der Waals surface area contributed by atoms with Crippen LogP contribution in [0.15, 0.2) is 42.0 Å². The van der Waals surface area contributed by atoms with Crippen molar-refractivity contribution in [2.75, 3.05) is 7.11 Å². The lowest BCUT2D eigenvalue weighted by Crippen LogP contribution is -2.33. The van der Waals surface area contributed by atoms with Crippen molar-refractivity contribution in [1.82, 2.24) is 0 Å². The molecular formula is C15H20O2. The van der Waals surface area contributed by atoms with Gasteiger partial charge in [0.1, 0.15) is 5.60 Å². The molecule has 2 atom stereocenters. The van der Waals surface area contributed by atoms with Crippen molar-refractivity contribution >= 4 is 0 Å². The number of hydrogen-bond acceptors (Lipinski definition) is 2. The Bertz CT molecular complexity index is 393. The lowest BCUT2D eigenvalue weighted by atomic mass is 9.80. The van der Waals surface area contributed by atoms with Gasteiger partial charge in [-0.25, -0.2) is 0 Å². The molecule has 0 fully saturated rings. The monoisotopic (exact) mass is 232 g/mol. The van der Waals surface area contributed by atoms with Crippen molar-refractivity contribution in [3.63, 3.8) is 0 Å². The van der Waals surface area contributed by atoms with E-state index in [9.17, 15) is 5.11 Å². The zero-order chi connectivity index (χ0) is 12.3. The van der Waals surface area contributed by atoms with E-state index >= 15 is 0 Å². The zero-order valence-electron chi connectivity index (χ0n) is 10.5. The molecule has 0 spiro atoms. The molecule has 0 saturated heterocycles.